The number of carbonyl (C=O) groups excluding carboxylic acids is 3. The molecule has 0 bridgehead atoms. The molecule has 30 heavy (non-hydrogen) atoms. The second-order valence-corrected chi connectivity index (χ2v) is 9.10. The first-order valence-electron chi connectivity index (χ1n) is 11.0. The van der Waals surface area contributed by atoms with Gasteiger partial charge in [0.05, 0.1) is 0 Å². The molecule has 3 amide bonds. The van der Waals surface area contributed by atoms with Gasteiger partial charge in [-0.1, -0.05) is 71.9 Å². The van der Waals surface area contributed by atoms with Crippen molar-refractivity contribution in [2.24, 2.45) is 17.8 Å². The lowest BCUT2D eigenvalue weighted by molar-refractivity contribution is -0.133. The van der Waals surface area contributed by atoms with Crippen LogP contribution in [0.25, 0.3) is 0 Å². The zero-order valence-corrected chi connectivity index (χ0v) is 19.3. The molecule has 2 unspecified atom stereocenters. The second-order valence-electron chi connectivity index (χ2n) is 9.10. The van der Waals surface area contributed by atoms with Gasteiger partial charge in [0, 0.05) is 13.0 Å². The van der Waals surface area contributed by atoms with Gasteiger partial charge in [-0.25, -0.2) is 0 Å². The fraction of sp³-hybridized carbons (Fsp3) is 0.625. The fourth-order valence-corrected chi connectivity index (χ4v) is 3.20. The lowest BCUT2D eigenvalue weighted by Gasteiger charge is -2.26. The molecule has 0 fully saturated rings. The smallest absolute Gasteiger partial charge is 0.243 e. The molecule has 0 aliphatic rings. The van der Waals surface area contributed by atoms with Gasteiger partial charge in [0.2, 0.25) is 17.7 Å². The molecule has 0 spiro atoms. The average molecular weight is 418 g/mol. The third-order valence-corrected chi connectivity index (χ3v) is 4.76. The number of benzene rings is 1. The summed E-state index contributed by atoms with van der Waals surface area (Å²) in [6, 6.07) is 8.64. The summed E-state index contributed by atoms with van der Waals surface area (Å²) in [4.78, 5) is 37.8. The number of amides is 3. The largest absolute Gasteiger partial charge is 0.354 e. The van der Waals surface area contributed by atoms with Crippen LogP contribution < -0.4 is 16.0 Å². The SMILES string of the molecule is CC(C)CC(=O)NC(CC(C)C)C(=O)NC(C(=O)NCCc1ccccc1)C(C)C. The molecule has 3 N–H and O–H groups in total. The van der Waals surface area contributed by atoms with Crippen LogP contribution >= 0.6 is 0 Å². The maximum absolute atomic E-state index is 12.9. The first kappa shape index (κ1) is 25.7. The maximum Gasteiger partial charge on any atom is 0.243 e. The second kappa shape index (κ2) is 13.0. The molecular formula is C24H39N3O3. The molecule has 0 radical (unpaired) electrons. The molecule has 6 nitrogen and oxygen atoms in total. The lowest BCUT2D eigenvalue weighted by atomic mass is 9.99. The van der Waals surface area contributed by atoms with Gasteiger partial charge in [0.15, 0.2) is 0 Å². The molecule has 0 aliphatic heterocycles. The Labute approximate surface area is 181 Å². The Morgan fingerprint density at radius 1 is 0.833 bits per heavy atom. The Bertz CT molecular complexity index is 672. The molecule has 1 aromatic carbocycles. The van der Waals surface area contributed by atoms with Gasteiger partial charge >= 0.3 is 0 Å². The summed E-state index contributed by atoms with van der Waals surface area (Å²) in [6.07, 6.45) is 1.62. The minimum Gasteiger partial charge on any atom is -0.354 e. The quantitative estimate of drug-likeness (QED) is 0.488. The van der Waals surface area contributed by atoms with E-state index in [0.29, 0.717) is 19.4 Å². The van der Waals surface area contributed by atoms with E-state index in [1.54, 1.807) is 0 Å². The van der Waals surface area contributed by atoms with Crippen LogP contribution in [-0.4, -0.2) is 36.3 Å². The highest BCUT2D eigenvalue weighted by Gasteiger charge is 2.29. The van der Waals surface area contributed by atoms with Crippen LogP contribution in [-0.2, 0) is 20.8 Å². The molecule has 168 valence electrons. The molecule has 0 saturated carbocycles. The van der Waals surface area contributed by atoms with Crippen LogP contribution in [0, 0.1) is 17.8 Å². The summed E-state index contributed by atoms with van der Waals surface area (Å²) < 4.78 is 0. The van der Waals surface area contributed by atoms with Gasteiger partial charge in [-0.2, -0.15) is 0 Å². The van der Waals surface area contributed by atoms with Gasteiger partial charge < -0.3 is 16.0 Å². The van der Waals surface area contributed by atoms with Gasteiger partial charge in [-0.3, -0.25) is 14.4 Å². The van der Waals surface area contributed by atoms with Crippen molar-refractivity contribution in [3.8, 4) is 0 Å². The van der Waals surface area contributed by atoms with Gasteiger partial charge in [0.25, 0.3) is 0 Å². The molecule has 0 aliphatic carbocycles. The van der Waals surface area contributed by atoms with Crippen LogP contribution in [0.15, 0.2) is 30.3 Å². The number of nitrogens with one attached hydrogen (secondary N) is 3. The van der Waals surface area contributed by atoms with Crippen LogP contribution in [0.5, 0.6) is 0 Å². The third-order valence-electron chi connectivity index (χ3n) is 4.76. The first-order valence-corrected chi connectivity index (χ1v) is 11.0. The molecule has 1 aromatic rings. The summed E-state index contributed by atoms with van der Waals surface area (Å²) in [5, 5.41) is 8.63. The monoisotopic (exact) mass is 417 g/mol. The molecule has 0 aromatic heterocycles. The Morgan fingerprint density at radius 3 is 2.00 bits per heavy atom. The van der Waals surface area contributed by atoms with Crippen LogP contribution in [0.3, 0.4) is 0 Å². The van der Waals surface area contributed by atoms with E-state index in [1.807, 2.05) is 71.9 Å². The summed E-state index contributed by atoms with van der Waals surface area (Å²) in [5.41, 5.74) is 1.15. The van der Waals surface area contributed by atoms with Crippen molar-refractivity contribution in [2.45, 2.75) is 72.9 Å². The average Bonchev–Trinajstić information content (AvgIpc) is 2.64. The fourth-order valence-electron chi connectivity index (χ4n) is 3.20. The molecule has 0 saturated heterocycles. The molecule has 1 rings (SSSR count). The number of carbonyl (C=O) groups is 3. The summed E-state index contributed by atoms with van der Waals surface area (Å²) in [7, 11) is 0. The van der Waals surface area contributed by atoms with Gasteiger partial charge in [-0.05, 0) is 36.2 Å². The van der Waals surface area contributed by atoms with Crippen molar-refractivity contribution in [3.63, 3.8) is 0 Å². The van der Waals surface area contributed by atoms with Crippen molar-refractivity contribution in [1.82, 2.24) is 16.0 Å². The molecule has 6 heteroatoms. The first-order chi connectivity index (χ1) is 14.1. The highest BCUT2D eigenvalue weighted by molar-refractivity contribution is 5.92. The zero-order chi connectivity index (χ0) is 22.7. The molecule has 2 atom stereocenters. The Balaban J connectivity index is 2.70. The topological polar surface area (TPSA) is 87.3 Å². The van der Waals surface area contributed by atoms with Crippen molar-refractivity contribution in [2.75, 3.05) is 6.54 Å². The Morgan fingerprint density at radius 2 is 1.47 bits per heavy atom. The standard InChI is InChI=1S/C24H39N3O3/c1-16(2)14-20(26-21(28)15-17(3)4)23(29)27-22(18(5)6)24(30)25-13-12-19-10-8-7-9-11-19/h7-11,16-18,20,22H,12-15H2,1-6H3,(H,25,30)(H,26,28)(H,27,29). The minimum absolute atomic E-state index is 0.0725. The minimum atomic E-state index is -0.648. The van der Waals surface area contributed by atoms with Crippen molar-refractivity contribution < 1.29 is 14.4 Å². The third kappa shape index (κ3) is 9.90. The van der Waals surface area contributed by atoms with E-state index >= 15 is 0 Å². The predicted octanol–water partition coefficient (Wildman–Crippen LogP) is 3.06. The van der Waals surface area contributed by atoms with E-state index in [4.69, 9.17) is 0 Å². The van der Waals surface area contributed by atoms with Crippen LogP contribution in [0.4, 0.5) is 0 Å². The maximum atomic E-state index is 12.9. The Hall–Kier alpha value is -2.37. The van der Waals surface area contributed by atoms with Crippen LogP contribution in [0.2, 0.25) is 0 Å². The molecule has 0 heterocycles. The lowest BCUT2D eigenvalue weighted by Crippen LogP contribution is -2.56. The van der Waals surface area contributed by atoms with E-state index in [0.717, 1.165) is 12.0 Å². The van der Waals surface area contributed by atoms with Crippen molar-refractivity contribution in [3.05, 3.63) is 35.9 Å². The summed E-state index contributed by atoms with van der Waals surface area (Å²) in [5.74, 6) is -0.274. The van der Waals surface area contributed by atoms with Crippen molar-refractivity contribution >= 4 is 17.7 Å². The van der Waals surface area contributed by atoms with E-state index in [9.17, 15) is 14.4 Å². The van der Waals surface area contributed by atoms with E-state index in [1.165, 1.54) is 0 Å². The highest BCUT2D eigenvalue weighted by atomic mass is 16.2. The van der Waals surface area contributed by atoms with E-state index in [-0.39, 0.29) is 35.5 Å². The normalized spacial score (nSPS) is 13.2. The van der Waals surface area contributed by atoms with Gasteiger partial charge in [-0.15, -0.1) is 0 Å². The van der Waals surface area contributed by atoms with E-state index in [2.05, 4.69) is 16.0 Å². The zero-order valence-electron chi connectivity index (χ0n) is 19.3. The number of hydrogen-bond acceptors (Lipinski definition) is 3. The predicted molar refractivity (Wildman–Crippen MR) is 121 cm³/mol. The van der Waals surface area contributed by atoms with Gasteiger partial charge in [0.1, 0.15) is 12.1 Å². The Kier molecular flexibility index (Phi) is 11.2. The highest BCUT2D eigenvalue weighted by Crippen LogP contribution is 2.09. The number of rotatable bonds is 12. The number of hydrogen-bond donors (Lipinski definition) is 3. The molecular weight excluding hydrogens is 378 g/mol. The summed E-state index contributed by atoms with van der Waals surface area (Å²) >= 11 is 0. The van der Waals surface area contributed by atoms with Crippen molar-refractivity contribution in [1.29, 1.82) is 0 Å². The van der Waals surface area contributed by atoms with E-state index < -0.39 is 12.1 Å². The van der Waals surface area contributed by atoms with Crippen LogP contribution in [0.1, 0.15) is 59.9 Å². The summed E-state index contributed by atoms with van der Waals surface area (Å²) in [6.45, 7) is 12.2.